The maximum absolute atomic E-state index is 5.47. The van der Waals surface area contributed by atoms with Gasteiger partial charge in [-0.25, -0.2) is 0 Å². The molecule has 0 N–H and O–H groups in total. The summed E-state index contributed by atoms with van der Waals surface area (Å²) in [6, 6.07) is 13.1. The summed E-state index contributed by atoms with van der Waals surface area (Å²) in [5.74, 6) is 0.936. The summed E-state index contributed by atoms with van der Waals surface area (Å²) in [6.45, 7) is 4.36. The largest absolute Gasteiger partial charge is 0.496 e. The van der Waals surface area contributed by atoms with Gasteiger partial charge in [0.05, 0.1) is 7.11 Å². The monoisotopic (exact) mass is 229 g/mol. The van der Waals surface area contributed by atoms with E-state index in [9.17, 15) is 0 Å². The first-order valence-corrected chi connectivity index (χ1v) is 5.93. The predicted octanol–water partition coefficient (Wildman–Crippen LogP) is 3.69. The molecule has 2 nitrogen and oxygen atoms in total. The lowest BCUT2D eigenvalue weighted by Crippen LogP contribution is -2.25. The number of methoxy groups -OCH3 is 1. The van der Waals surface area contributed by atoms with E-state index in [2.05, 4.69) is 56.1 Å². The van der Waals surface area contributed by atoms with Crippen molar-refractivity contribution in [2.24, 2.45) is 0 Å². The Balaban J connectivity index is 2.60. The number of rotatable bonds is 3. The normalized spacial score (nSPS) is 10.9. The average Bonchev–Trinajstić information content (AvgIpc) is 2.36. The highest BCUT2D eigenvalue weighted by molar-refractivity contribution is 5.91. The van der Waals surface area contributed by atoms with Crippen molar-refractivity contribution < 1.29 is 4.74 Å². The molecule has 0 atom stereocenters. The van der Waals surface area contributed by atoms with Crippen molar-refractivity contribution in [2.45, 2.75) is 19.9 Å². The van der Waals surface area contributed by atoms with E-state index >= 15 is 0 Å². The van der Waals surface area contributed by atoms with Crippen molar-refractivity contribution in [3.05, 3.63) is 36.4 Å². The molecule has 0 saturated heterocycles. The van der Waals surface area contributed by atoms with Crippen LogP contribution >= 0.6 is 0 Å². The lowest BCUT2D eigenvalue weighted by molar-refractivity contribution is 0.420. The van der Waals surface area contributed by atoms with Crippen LogP contribution in [0.2, 0.25) is 0 Å². The number of hydrogen-bond donors (Lipinski definition) is 0. The lowest BCUT2D eigenvalue weighted by Gasteiger charge is -2.24. The summed E-state index contributed by atoms with van der Waals surface area (Å²) in [4.78, 5) is 2.24. The van der Waals surface area contributed by atoms with Crippen molar-refractivity contribution in [2.75, 3.05) is 19.1 Å². The quantitative estimate of drug-likeness (QED) is 0.795. The van der Waals surface area contributed by atoms with Crippen molar-refractivity contribution in [1.82, 2.24) is 0 Å². The summed E-state index contributed by atoms with van der Waals surface area (Å²) in [5, 5.41) is 2.38. The topological polar surface area (TPSA) is 12.5 Å². The smallest absolute Gasteiger partial charge is 0.128 e. The molecule has 17 heavy (non-hydrogen) atoms. The Labute approximate surface area is 103 Å². The number of ether oxygens (including phenoxy) is 1. The van der Waals surface area contributed by atoms with Crippen LogP contribution in [0, 0.1) is 0 Å². The highest BCUT2D eigenvalue weighted by Gasteiger charge is 2.09. The van der Waals surface area contributed by atoms with Crippen LogP contribution in [0.25, 0.3) is 10.8 Å². The average molecular weight is 229 g/mol. The summed E-state index contributed by atoms with van der Waals surface area (Å²) < 4.78 is 5.47. The molecule has 2 aromatic rings. The van der Waals surface area contributed by atoms with Gasteiger partial charge >= 0.3 is 0 Å². The Bertz CT molecular complexity index is 519. The zero-order valence-electron chi connectivity index (χ0n) is 10.9. The van der Waals surface area contributed by atoms with Crippen LogP contribution in [-0.4, -0.2) is 20.2 Å². The predicted molar refractivity (Wildman–Crippen MR) is 74.0 cm³/mol. The van der Waals surface area contributed by atoms with Crippen LogP contribution in [-0.2, 0) is 0 Å². The van der Waals surface area contributed by atoms with Gasteiger partial charge < -0.3 is 9.64 Å². The van der Waals surface area contributed by atoms with E-state index in [-0.39, 0.29) is 0 Å². The van der Waals surface area contributed by atoms with E-state index in [1.165, 1.54) is 11.1 Å². The second kappa shape index (κ2) is 4.66. The summed E-state index contributed by atoms with van der Waals surface area (Å²) in [7, 11) is 3.83. The van der Waals surface area contributed by atoms with E-state index in [1.807, 2.05) is 6.07 Å². The molecule has 0 radical (unpaired) electrons. The number of anilines is 1. The first-order chi connectivity index (χ1) is 8.13. The van der Waals surface area contributed by atoms with Gasteiger partial charge in [-0.05, 0) is 25.3 Å². The summed E-state index contributed by atoms with van der Waals surface area (Å²) in [5.41, 5.74) is 1.19. The minimum Gasteiger partial charge on any atom is -0.496 e. The molecule has 0 aromatic heterocycles. The third-order valence-electron chi connectivity index (χ3n) is 3.21. The first kappa shape index (κ1) is 11.8. The van der Waals surface area contributed by atoms with Gasteiger partial charge in [0.15, 0.2) is 0 Å². The molecule has 0 saturated carbocycles. The van der Waals surface area contributed by atoms with Gasteiger partial charge in [0, 0.05) is 30.2 Å². The van der Waals surface area contributed by atoms with Crippen LogP contribution in [0.3, 0.4) is 0 Å². The van der Waals surface area contributed by atoms with Crippen LogP contribution in [0.1, 0.15) is 13.8 Å². The molecular weight excluding hydrogens is 210 g/mol. The summed E-state index contributed by atoms with van der Waals surface area (Å²) >= 11 is 0. The molecule has 2 aromatic carbocycles. The second-order valence-electron chi connectivity index (χ2n) is 4.57. The standard InChI is InChI=1S/C15H19NO/c1-11(2)16(3)13-9-12-7-5-6-8-14(12)15(10-13)17-4/h5-11H,1-4H3. The van der Waals surface area contributed by atoms with Gasteiger partial charge in [-0.15, -0.1) is 0 Å². The molecule has 2 heteroatoms. The van der Waals surface area contributed by atoms with E-state index in [1.54, 1.807) is 7.11 Å². The highest BCUT2D eigenvalue weighted by Crippen LogP contribution is 2.31. The fourth-order valence-electron chi connectivity index (χ4n) is 1.93. The van der Waals surface area contributed by atoms with Gasteiger partial charge in [0.1, 0.15) is 5.75 Å². The molecule has 90 valence electrons. The maximum Gasteiger partial charge on any atom is 0.128 e. The molecule has 0 bridgehead atoms. The summed E-state index contributed by atoms with van der Waals surface area (Å²) in [6.07, 6.45) is 0. The van der Waals surface area contributed by atoms with E-state index in [0.717, 1.165) is 11.1 Å². The van der Waals surface area contributed by atoms with Crippen molar-refractivity contribution in [1.29, 1.82) is 0 Å². The van der Waals surface area contributed by atoms with Gasteiger partial charge in [0.2, 0.25) is 0 Å². The van der Waals surface area contributed by atoms with Crippen LogP contribution in [0.5, 0.6) is 5.75 Å². The Morgan fingerprint density at radius 1 is 1.12 bits per heavy atom. The number of fused-ring (bicyclic) bond motifs is 1. The van der Waals surface area contributed by atoms with Gasteiger partial charge in [-0.1, -0.05) is 24.3 Å². The minimum absolute atomic E-state index is 0.473. The molecular formula is C15H19NO. The van der Waals surface area contributed by atoms with E-state index in [4.69, 9.17) is 4.74 Å². The SMILES string of the molecule is COc1cc(N(C)C(C)C)cc2ccccc12. The molecule has 0 heterocycles. The molecule has 2 rings (SSSR count). The number of hydrogen-bond acceptors (Lipinski definition) is 2. The third-order valence-corrected chi connectivity index (χ3v) is 3.21. The van der Waals surface area contributed by atoms with Crippen molar-refractivity contribution in [3.8, 4) is 5.75 Å². The van der Waals surface area contributed by atoms with Crippen molar-refractivity contribution >= 4 is 16.5 Å². The Morgan fingerprint density at radius 2 is 1.82 bits per heavy atom. The van der Waals surface area contributed by atoms with Crippen LogP contribution in [0.15, 0.2) is 36.4 Å². The number of nitrogens with zero attached hydrogens (tertiary/aromatic N) is 1. The zero-order valence-corrected chi connectivity index (χ0v) is 10.9. The van der Waals surface area contributed by atoms with E-state index < -0.39 is 0 Å². The van der Waals surface area contributed by atoms with Gasteiger partial charge in [-0.2, -0.15) is 0 Å². The molecule has 0 aliphatic heterocycles. The molecule has 0 unspecified atom stereocenters. The molecule has 0 aliphatic rings. The fourth-order valence-corrected chi connectivity index (χ4v) is 1.93. The molecule has 0 aliphatic carbocycles. The minimum atomic E-state index is 0.473. The van der Waals surface area contributed by atoms with Gasteiger partial charge in [-0.3, -0.25) is 0 Å². The number of benzene rings is 2. The van der Waals surface area contributed by atoms with Crippen LogP contribution in [0.4, 0.5) is 5.69 Å². The fraction of sp³-hybridized carbons (Fsp3) is 0.333. The van der Waals surface area contributed by atoms with Gasteiger partial charge in [0.25, 0.3) is 0 Å². The zero-order chi connectivity index (χ0) is 12.4. The molecule has 0 amide bonds. The molecule has 0 fully saturated rings. The Morgan fingerprint density at radius 3 is 2.47 bits per heavy atom. The Kier molecular flexibility index (Phi) is 3.23. The highest BCUT2D eigenvalue weighted by atomic mass is 16.5. The Hall–Kier alpha value is -1.70. The lowest BCUT2D eigenvalue weighted by atomic mass is 10.1. The first-order valence-electron chi connectivity index (χ1n) is 5.93. The van der Waals surface area contributed by atoms with Crippen molar-refractivity contribution in [3.63, 3.8) is 0 Å². The second-order valence-corrected chi connectivity index (χ2v) is 4.57. The van der Waals surface area contributed by atoms with E-state index in [0.29, 0.717) is 6.04 Å². The maximum atomic E-state index is 5.47. The molecule has 0 spiro atoms. The third kappa shape index (κ3) is 2.21. The van der Waals surface area contributed by atoms with Crippen LogP contribution < -0.4 is 9.64 Å².